The lowest BCUT2D eigenvalue weighted by molar-refractivity contribution is -0.143. The number of primary amides is 1. The fraction of sp³-hybridized carbons (Fsp3) is 0.552. The molecule has 0 saturated carbocycles. The summed E-state index contributed by atoms with van der Waals surface area (Å²) < 4.78 is 0. The van der Waals surface area contributed by atoms with Crippen molar-refractivity contribution in [1.29, 1.82) is 5.26 Å². The molecular formula is C67H102N24O15S. The highest BCUT2D eigenvalue weighted by molar-refractivity contribution is 8.00. The van der Waals surface area contributed by atoms with Crippen LogP contribution in [0, 0.1) is 17.2 Å². The number of hydrogen-bond donors (Lipinski definition) is 20. The quantitative estimate of drug-likeness (QED) is 0.0250. The van der Waals surface area contributed by atoms with Gasteiger partial charge in [-0.25, -0.2) is 0 Å². The van der Waals surface area contributed by atoms with Gasteiger partial charge in [-0.3, -0.25) is 82.1 Å². The van der Waals surface area contributed by atoms with Gasteiger partial charge in [-0.1, -0.05) is 62.4 Å². The van der Waals surface area contributed by atoms with Gasteiger partial charge in [0.2, 0.25) is 76.8 Å². The van der Waals surface area contributed by atoms with Crippen LogP contribution in [0.15, 0.2) is 69.6 Å². The maximum Gasteiger partial charge on any atom is 0.305 e. The van der Waals surface area contributed by atoms with E-state index in [1.165, 1.54) is 11.0 Å². The average molecular weight is 1520 g/mol. The first kappa shape index (κ1) is 88.0. The van der Waals surface area contributed by atoms with Gasteiger partial charge in [0, 0.05) is 44.8 Å². The van der Waals surface area contributed by atoms with Crippen LogP contribution in [-0.4, -0.2) is 228 Å². The number of nitriles is 1. The zero-order chi connectivity index (χ0) is 79.1. The summed E-state index contributed by atoms with van der Waals surface area (Å²) in [4.78, 5) is 210. The number of aliphatic carboxylic acids is 1. The molecule has 586 valence electrons. The van der Waals surface area contributed by atoms with Gasteiger partial charge in [0.25, 0.3) is 0 Å². The Kier molecular flexibility index (Phi) is 38.2. The highest BCUT2D eigenvalue weighted by Gasteiger charge is 2.41. The Labute approximate surface area is 622 Å². The lowest BCUT2D eigenvalue weighted by atomic mass is 9.98. The number of rotatable bonds is 25. The summed E-state index contributed by atoms with van der Waals surface area (Å²) in [5.41, 5.74) is 46.0. The third kappa shape index (κ3) is 32.7. The number of nitrogens with one attached hydrogen (secondary N) is 11. The van der Waals surface area contributed by atoms with Crippen LogP contribution in [-0.2, 0) is 80.0 Å². The third-order valence-electron chi connectivity index (χ3n) is 16.7. The summed E-state index contributed by atoms with van der Waals surface area (Å²) in [6.07, 6.45) is -1.35. The van der Waals surface area contributed by atoms with E-state index in [4.69, 9.17) is 45.9 Å². The summed E-state index contributed by atoms with van der Waals surface area (Å²) in [6.45, 7) is 1.85. The van der Waals surface area contributed by atoms with Crippen LogP contribution in [0.3, 0.4) is 0 Å². The van der Waals surface area contributed by atoms with Gasteiger partial charge >= 0.3 is 5.97 Å². The number of carboxylic acids is 1. The second-order valence-corrected chi connectivity index (χ2v) is 26.8. The van der Waals surface area contributed by atoms with Crippen LogP contribution in [0.1, 0.15) is 114 Å². The summed E-state index contributed by atoms with van der Waals surface area (Å²) in [5, 5.41) is 48.0. The molecule has 2 saturated heterocycles. The van der Waals surface area contributed by atoms with Crippen LogP contribution < -0.4 is 104 Å². The molecule has 107 heavy (non-hydrogen) atoms. The third-order valence-corrected chi connectivity index (χ3v) is 17.7. The first-order valence-corrected chi connectivity index (χ1v) is 36.1. The van der Waals surface area contributed by atoms with Crippen molar-refractivity contribution in [3.63, 3.8) is 0 Å². The maximum absolute atomic E-state index is 15.1. The molecule has 2 heterocycles. The van der Waals surface area contributed by atoms with E-state index >= 15 is 9.59 Å². The minimum Gasteiger partial charge on any atom is -0.481 e. The highest BCUT2D eigenvalue weighted by Crippen LogP contribution is 2.22. The number of benzene rings is 2. The van der Waals surface area contributed by atoms with Crippen LogP contribution in [0.4, 0.5) is 0 Å². The fourth-order valence-electron chi connectivity index (χ4n) is 11.3. The highest BCUT2D eigenvalue weighted by atomic mass is 32.2. The van der Waals surface area contributed by atoms with Crippen LogP contribution in [0.2, 0.25) is 0 Å². The molecule has 28 N–H and O–H groups in total. The standard InChI is InChI=1S/C67H102N24O15S/c1-37(2)28-45-59(101)85-43(20-11-25-78-66(73)74)58(100)89-46(29-38-14-4-3-5-15-38)60(102)87-44(21-12-26-79-67(75)76)64(106)91-27-13-22-50(91)63(105)86-42(18-8-9-23-68)57(99)90-48(31-54(95)96)62(104)84-41(19-10-24-77-65(71)72)56(98)81-33-51(92)80-34-52(93)83-49(55(70)97)35-107-36-53(94)82-47(61(103)88-45)30-39-16-6-7-17-40(39)32-69/h3-7,14-17,37,41-50H,8-13,18-31,33-36,68H2,1-2H3,(H2,70,97)(H,80,92)(H,81,98)(H,82,94)(H,83,93)(H,84,104)(H,85,101)(H,86,105)(H,87,102)(H,88,103)(H,89,100)(H,90,99)(H,95,96)(H4,71,72,77)(H4,73,74,78)(H4,75,76,79)/t41-,42-,43-,44-,45-,46-,47-,48-,49-,50-/m0/s1. The number of carbonyl (C=O) groups excluding carboxylic acids is 13. The smallest absolute Gasteiger partial charge is 0.305 e. The van der Waals surface area contributed by atoms with Crippen molar-refractivity contribution in [3.05, 3.63) is 71.3 Å². The van der Waals surface area contributed by atoms with Crippen molar-refractivity contribution in [3.8, 4) is 6.07 Å². The van der Waals surface area contributed by atoms with E-state index in [1.807, 2.05) is 6.07 Å². The van der Waals surface area contributed by atoms with Gasteiger partial charge in [-0.2, -0.15) is 5.26 Å². The van der Waals surface area contributed by atoms with Crippen molar-refractivity contribution < 1.29 is 72.2 Å². The molecule has 13 amide bonds. The lowest BCUT2D eigenvalue weighted by Gasteiger charge is -2.31. The monoisotopic (exact) mass is 1510 g/mol. The Bertz CT molecular complexity index is 3550. The van der Waals surface area contributed by atoms with E-state index in [2.05, 4.69) is 73.5 Å². The Balaban J connectivity index is 1.86. The number of fused-ring (bicyclic) bond motifs is 1. The molecule has 0 aromatic heterocycles. The zero-order valence-electron chi connectivity index (χ0n) is 59.9. The summed E-state index contributed by atoms with van der Waals surface area (Å²) >= 11 is 0.797. The number of thioether (sulfide) groups is 1. The predicted octanol–water partition coefficient (Wildman–Crippen LogP) is -7.03. The van der Waals surface area contributed by atoms with Gasteiger partial charge in [0.05, 0.1) is 36.9 Å². The van der Waals surface area contributed by atoms with Crippen molar-refractivity contribution >= 4 is 112 Å². The molecule has 2 aliphatic heterocycles. The van der Waals surface area contributed by atoms with E-state index in [-0.39, 0.29) is 151 Å². The summed E-state index contributed by atoms with van der Waals surface area (Å²) in [7, 11) is 0. The Hall–Kier alpha value is -11.4. The molecule has 0 unspecified atom stereocenters. The maximum atomic E-state index is 15.1. The number of aliphatic imine (C=N–C) groups is 3. The molecule has 40 heteroatoms. The Morgan fingerprint density at radius 1 is 0.542 bits per heavy atom. The number of carbonyl (C=O) groups is 14. The molecule has 0 aliphatic carbocycles. The average Bonchev–Trinajstić information content (AvgIpc) is 1.82. The van der Waals surface area contributed by atoms with Crippen LogP contribution >= 0.6 is 11.8 Å². The van der Waals surface area contributed by atoms with Crippen LogP contribution in [0.5, 0.6) is 0 Å². The molecular weight excluding hydrogens is 1410 g/mol. The number of carboxylic acid groups (broad SMARTS) is 1. The minimum absolute atomic E-state index is 0.0114. The zero-order valence-corrected chi connectivity index (χ0v) is 60.8. The molecule has 10 atom stereocenters. The van der Waals surface area contributed by atoms with Gasteiger partial charge in [-0.15, -0.1) is 11.8 Å². The Morgan fingerprint density at radius 2 is 1.02 bits per heavy atom. The summed E-state index contributed by atoms with van der Waals surface area (Å²) in [6, 6.07) is 1.54. The second-order valence-electron chi connectivity index (χ2n) is 25.8. The first-order chi connectivity index (χ1) is 50.9. The largest absolute Gasteiger partial charge is 0.481 e. The van der Waals surface area contributed by atoms with Crippen molar-refractivity contribution in [2.24, 2.45) is 66.8 Å². The SMILES string of the molecule is CC(C)C[C@@H]1NC(=O)[C@H](Cc2ccccc2C#N)NC(=O)CSC[C@@H](C(N)=O)NC(=O)CNC(=O)CNC(=O)[C@H](CCCN=C(N)N)NC(=O)[C@H](CC(=O)O)NC(=O)[C@H](CCCCN)NC(=O)[C@@H]2CCCN2C(=O)[C@H](CCCN=C(N)N)NC(=O)[C@H](Cc2ccccc2)NC(=O)[C@H](CCCN=C(N)N)NC1=O. The number of guanidine groups is 3. The van der Waals surface area contributed by atoms with Gasteiger partial charge in [0.1, 0.15) is 60.4 Å². The van der Waals surface area contributed by atoms with Gasteiger partial charge in [0.15, 0.2) is 17.9 Å². The van der Waals surface area contributed by atoms with E-state index in [9.17, 15) is 67.9 Å². The topological polar surface area (TPSA) is 664 Å². The molecule has 0 spiro atoms. The number of hydrogen-bond acceptors (Lipinski definition) is 20. The normalized spacial score (nSPS) is 22.9. The molecule has 4 rings (SSSR count). The van der Waals surface area contributed by atoms with E-state index < -0.39 is 168 Å². The molecule has 0 radical (unpaired) electrons. The van der Waals surface area contributed by atoms with Crippen molar-refractivity contribution in [1.82, 2.24) is 63.4 Å². The second kappa shape index (κ2) is 46.5. The lowest BCUT2D eigenvalue weighted by Crippen LogP contribution is -2.61. The molecule has 2 fully saturated rings. The van der Waals surface area contributed by atoms with E-state index in [1.54, 1.807) is 62.4 Å². The number of amides is 13. The number of unbranched alkanes of at least 4 members (excludes halogenated alkanes) is 1. The molecule has 2 aromatic rings. The number of nitrogens with two attached hydrogens (primary N) is 8. The van der Waals surface area contributed by atoms with Crippen LogP contribution in [0.25, 0.3) is 0 Å². The molecule has 39 nitrogen and oxygen atoms in total. The molecule has 2 aromatic carbocycles. The van der Waals surface area contributed by atoms with Gasteiger partial charge < -0.3 is 114 Å². The number of nitrogens with zero attached hydrogens (tertiary/aromatic N) is 5. The first-order valence-electron chi connectivity index (χ1n) is 34.9. The van der Waals surface area contributed by atoms with Gasteiger partial charge in [-0.05, 0) is 107 Å². The van der Waals surface area contributed by atoms with Crippen molar-refractivity contribution in [2.45, 2.75) is 171 Å². The van der Waals surface area contributed by atoms with Crippen molar-refractivity contribution in [2.75, 3.05) is 57.3 Å². The predicted molar refractivity (Wildman–Crippen MR) is 394 cm³/mol. The van der Waals surface area contributed by atoms with E-state index in [0.29, 0.717) is 17.5 Å². The van der Waals surface area contributed by atoms with E-state index in [0.717, 1.165) is 11.8 Å². The summed E-state index contributed by atoms with van der Waals surface area (Å²) in [5.74, 6) is -15.9. The molecule has 0 bridgehead atoms. The molecule has 2 aliphatic rings. The fourth-order valence-corrected chi connectivity index (χ4v) is 12.2. The minimum atomic E-state index is -1.93. The Morgan fingerprint density at radius 3 is 1.58 bits per heavy atom.